The van der Waals surface area contributed by atoms with Crippen molar-refractivity contribution in [3.05, 3.63) is 71.8 Å². The summed E-state index contributed by atoms with van der Waals surface area (Å²) in [4.78, 5) is 41.9. The molecule has 7 heteroatoms. The summed E-state index contributed by atoms with van der Waals surface area (Å²) < 4.78 is 5.43. The predicted molar refractivity (Wildman–Crippen MR) is 142 cm³/mol. The number of alkyl carbamates (subject to hydrolysis) is 1. The molecule has 2 N–H and O–H groups in total. The fourth-order valence-electron chi connectivity index (χ4n) is 3.91. The third-order valence-corrected chi connectivity index (χ3v) is 5.91. The van der Waals surface area contributed by atoms with Gasteiger partial charge in [-0.15, -0.1) is 0 Å². The van der Waals surface area contributed by atoms with E-state index in [1.807, 2.05) is 88.4 Å². The maximum atomic E-state index is 14.1. The second kappa shape index (κ2) is 13.1. The quantitative estimate of drug-likeness (QED) is 0.473. The van der Waals surface area contributed by atoms with Crippen LogP contribution in [-0.4, -0.2) is 40.5 Å². The molecule has 0 aliphatic rings. The monoisotopic (exact) mass is 495 g/mol. The zero-order valence-corrected chi connectivity index (χ0v) is 22.6. The van der Waals surface area contributed by atoms with Crippen LogP contribution in [0.1, 0.15) is 72.1 Å². The third kappa shape index (κ3) is 8.40. The van der Waals surface area contributed by atoms with E-state index in [-0.39, 0.29) is 23.8 Å². The number of carbonyl (C=O) groups excluding carboxylic acids is 3. The van der Waals surface area contributed by atoms with Gasteiger partial charge >= 0.3 is 6.09 Å². The molecule has 0 spiro atoms. The lowest BCUT2D eigenvalue weighted by Crippen LogP contribution is -2.56. The van der Waals surface area contributed by atoms with E-state index in [0.717, 1.165) is 5.56 Å². The molecule has 0 bridgehead atoms. The van der Waals surface area contributed by atoms with E-state index < -0.39 is 23.8 Å². The molecule has 0 aromatic heterocycles. The van der Waals surface area contributed by atoms with Gasteiger partial charge in [0.25, 0.3) is 0 Å². The number of hydrogen-bond donors (Lipinski definition) is 2. The zero-order valence-electron chi connectivity index (χ0n) is 22.6. The van der Waals surface area contributed by atoms with Gasteiger partial charge in [-0.2, -0.15) is 0 Å². The maximum Gasteiger partial charge on any atom is 0.408 e. The number of amides is 3. The van der Waals surface area contributed by atoms with Crippen LogP contribution in [0.25, 0.3) is 0 Å². The predicted octanol–water partition coefficient (Wildman–Crippen LogP) is 5.22. The molecule has 3 atom stereocenters. The first-order chi connectivity index (χ1) is 16.9. The summed E-state index contributed by atoms with van der Waals surface area (Å²) in [7, 11) is 0. The van der Waals surface area contributed by atoms with Crippen LogP contribution < -0.4 is 10.6 Å². The highest BCUT2D eigenvalue weighted by molar-refractivity contribution is 5.92. The van der Waals surface area contributed by atoms with Crippen LogP contribution in [0.4, 0.5) is 4.79 Å². The summed E-state index contributed by atoms with van der Waals surface area (Å²) in [6.45, 7) is 13.3. The normalized spacial score (nSPS) is 13.9. The van der Waals surface area contributed by atoms with Gasteiger partial charge < -0.3 is 20.3 Å². The maximum absolute atomic E-state index is 14.1. The molecular formula is C29H41N3O4. The van der Waals surface area contributed by atoms with Gasteiger partial charge in [0.15, 0.2) is 0 Å². The molecule has 0 aliphatic heterocycles. The van der Waals surface area contributed by atoms with Crippen LogP contribution in [0.3, 0.4) is 0 Å². The number of ether oxygens (including phenoxy) is 1. The fraction of sp³-hybridized carbons (Fsp3) is 0.483. The Hall–Kier alpha value is -3.35. The van der Waals surface area contributed by atoms with Crippen LogP contribution in [0, 0.1) is 5.92 Å². The lowest BCUT2D eigenvalue weighted by Gasteiger charge is -2.38. The molecule has 0 aliphatic carbocycles. The first-order valence-electron chi connectivity index (χ1n) is 12.6. The molecule has 2 aromatic rings. The number of benzene rings is 2. The first kappa shape index (κ1) is 28.9. The van der Waals surface area contributed by atoms with Gasteiger partial charge in [0.05, 0.1) is 0 Å². The number of carbonyl (C=O) groups is 3. The Morgan fingerprint density at radius 2 is 1.47 bits per heavy atom. The average Bonchev–Trinajstić information content (AvgIpc) is 2.83. The average molecular weight is 496 g/mol. The summed E-state index contributed by atoms with van der Waals surface area (Å²) in [6.07, 6.45) is 0.00332. The summed E-state index contributed by atoms with van der Waals surface area (Å²) in [5.74, 6) is -0.781. The molecule has 7 nitrogen and oxygen atoms in total. The minimum absolute atomic E-state index is 0.171. The summed E-state index contributed by atoms with van der Waals surface area (Å²) in [6, 6.07) is 16.9. The van der Waals surface area contributed by atoms with Gasteiger partial charge in [0.1, 0.15) is 17.7 Å². The molecule has 2 rings (SSSR count). The van der Waals surface area contributed by atoms with E-state index in [0.29, 0.717) is 18.5 Å². The van der Waals surface area contributed by atoms with E-state index in [9.17, 15) is 14.4 Å². The Bertz CT molecular complexity index is 987. The van der Waals surface area contributed by atoms with Gasteiger partial charge in [-0.25, -0.2) is 4.79 Å². The Morgan fingerprint density at radius 1 is 0.917 bits per heavy atom. The minimum Gasteiger partial charge on any atom is -0.444 e. The van der Waals surface area contributed by atoms with Crippen molar-refractivity contribution in [1.29, 1.82) is 0 Å². The molecule has 0 saturated carbocycles. The second-order valence-electron chi connectivity index (χ2n) is 10.4. The Balaban J connectivity index is 2.41. The standard InChI is InChI=1S/C29H41N3O4/c1-8-21(4)24(31-28(35)36-29(5,6)7)27(34)32(20(2)3)25(23-17-13-10-14-18-23)26(33)30-19-22-15-11-9-12-16-22/h9-18,20-21,24-25H,8,19H2,1-7H3,(H,30,33)(H,31,35). The fourth-order valence-corrected chi connectivity index (χ4v) is 3.91. The molecule has 3 amide bonds. The van der Waals surface area contributed by atoms with Crippen molar-refractivity contribution >= 4 is 17.9 Å². The van der Waals surface area contributed by atoms with E-state index in [4.69, 9.17) is 4.74 Å². The van der Waals surface area contributed by atoms with Gasteiger partial charge in [0.2, 0.25) is 11.8 Å². The zero-order chi connectivity index (χ0) is 26.9. The van der Waals surface area contributed by atoms with Crippen molar-refractivity contribution in [2.24, 2.45) is 5.92 Å². The van der Waals surface area contributed by atoms with Crippen molar-refractivity contribution in [3.8, 4) is 0 Å². The van der Waals surface area contributed by atoms with Gasteiger partial charge in [0, 0.05) is 12.6 Å². The molecule has 0 radical (unpaired) electrons. The van der Waals surface area contributed by atoms with E-state index in [2.05, 4.69) is 10.6 Å². The summed E-state index contributed by atoms with van der Waals surface area (Å²) in [5.41, 5.74) is 0.962. The van der Waals surface area contributed by atoms with Gasteiger partial charge in [-0.05, 0) is 51.7 Å². The lowest BCUT2D eigenvalue weighted by molar-refractivity contribution is -0.145. The van der Waals surface area contributed by atoms with E-state index in [1.165, 1.54) is 0 Å². The highest BCUT2D eigenvalue weighted by Gasteiger charge is 2.39. The summed E-state index contributed by atoms with van der Waals surface area (Å²) in [5, 5.41) is 5.78. The molecular weight excluding hydrogens is 454 g/mol. The highest BCUT2D eigenvalue weighted by Crippen LogP contribution is 2.27. The van der Waals surface area contributed by atoms with Crippen molar-refractivity contribution in [2.75, 3.05) is 0 Å². The number of hydrogen-bond acceptors (Lipinski definition) is 4. The molecule has 0 heterocycles. The minimum atomic E-state index is -0.866. The largest absolute Gasteiger partial charge is 0.444 e. The smallest absolute Gasteiger partial charge is 0.408 e. The van der Waals surface area contributed by atoms with Crippen LogP contribution >= 0.6 is 0 Å². The van der Waals surface area contributed by atoms with Crippen LogP contribution in [0.5, 0.6) is 0 Å². The third-order valence-electron chi connectivity index (χ3n) is 5.91. The molecule has 0 saturated heterocycles. The summed E-state index contributed by atoms with van der Waals surface area (Å²) >= 11 is 0. The van der Waals surface area contributed by atoms with Crippen LogP contribution in [0.2, 0.25) is 0 Å². The van der Waals surface area contributed by atoms with Crippen molar-refractivity contribution in [3.63, 3.8) is 0 Å². The second-order valence-corrected chi connectivity index (χ2v) is 10.4. The van der Waals surface area contributed by atoms with Crippen molar-refractivity contribution < 1.29 is 19.1 Å². The van der Waals surface area contributed by atoms with E-state index >= 15 is 0 Å². The Labute approximate surface area is 215 Å². The van der Waals surface area contributed by atoms with Crippen LogP contribution in [0.15, 0.2) is 60.7 Å². The SMILES string of the molecule is CCC(C)C(NC(=O)OC(C)(C)C)C(=O)N(C(C)C)C(C(=O)NCc1ccccc1)c1ccccc1. The number of nitrogens with zero attached hydrogens (tertiary/aromatic N) is 1. The Morgan fingerprint density at radius 3 is 1.97 bits per heavy atom. The topological polar surface area (TPSA) is 87.7 Å². The van der Waals surface area contributed by atoms with E-state index in [1.54, 1.807) is 25.7 Å². The van der Waals surface area contributed by atoms with Gasteiger partial charge in [-0.1, -0.05) is 80.9 Å². The Kier molecular flexibility index (Phi) is 10.5. The lowest BCUT2D eigenvalue weighted by atomic mass is 9.95. The number of rotatable bonds is 10. The molecule has 2 aromatic carbocycles. The number of nitrogens with one attached hydrogen (secondary N) is 2. The first-order valence-corrected chi connectivity index (χ1v) is 12.6. The molecule has 3 unspecified atom stereocenters. The van der Waals surface area contributed by atoms with Crippen molar-refractivity contribution in [2.45, 2.75) is 85.2 Å². The highest BCUT2D eigenvalue weighted by atomic mass is 16.6. The van der Waals surface area contributed by atoms with Crippen LogP contribution in [-0.2, 0) is 20.9 Å². The van der Waals surface area contributed by atoms with Gasteiger partial charge in [-0.3, -0.25) is 9.59 Å². The molecule has 196 valence electrons. The van der Waals surface area contributed by atoms with Crippen molar-refractivity contribution in [1.82, 2.24) is 15.5 Å². The molecule has 0 fully saturated rings. The molecule has 36 heavy (non-hydrogen) atoms.